The molecule has 1 fully saturated rings. The molecular formula is C13H29N3O. The highest BCUT2D eigenvalue weighted by molar-refractivity contribution is 4.88. The van der Waals surface area contributed by atoms with Crippen LogP contribution in [-0.2, 0) is 0 Å². The lowest BCUT2D eigenvalue weighted by molar-refractivity contribution is 0.0647. The standard InChI is InChI=1S/C13H29N3O/c1-4-11-9-15(3)7-6-8-16(11)13(10-17)12(14)5-2/h11-13,17H,4-10,14H2,1-3H3. The molecule has 1 aliphatic rings. The second-order valence-electron chi connectivity index (χ2n) is 5.24. The van der Waals surface area contributed by atoms with Crippen molar-refractivity contribution >= 4 is 0 Å². The van der Waals surface area contributed by atoms with Gasteiger partial charge in [-0.25, -0.2) is 0 Å². The molecule has 3 atom stereocenters. The quantitative estimate of drug-likeness (QED) is 0.738. The highest BCUT2D eigenvalue weighted by Gasteiger charge is 2.30. The molecule has 0 spiro atoms. The average molecular weight is 243 g/mol. The molecule has 1 saturated heterocycles. The molecule has 0 aromatic heterocycles. The fourth-order valence-electron chi connectivity index (χ4n) is 2.82. The second-order valence-corrected chi connectivity index (χ2v) is 5.24. The van der Waals surface area contributed by atoms with E-state index in [0.717, 1.165) is 32.5 Å². The Labute approximate surface area is 106 Å². The third-order valence-electron chi connectivity index (χ3n) is 4.00. The van der Waals surface area contributed by atoms with Crippen molar-refractivity contribution in [3.8, 4) is 0 Å². The molecule has 0 saturated carbocycles. The molecule has 4 heteroatoms. The zero-order chi connectivity index (χ0) is 12.8. The summed E-state index contributed by atoms with van der Waals surface area (Å²) in [5, 5.41) is 9.62. The Balaban J connectivity index is 2.75. The molecule has 0 amide bonds. The van der Waals surface area contributed by atoms with Gasteiger partial charge in [-0.05, 0) is 32.9 Å². The number of hydrogen-bond donors (Lipinski definition) is 2. The van der Waals surface area contributed by atoms with Gasteiger partial charge in [0.25, 0.3) is 0 Å². The van der Waals surface area contributed by atoms with E-state index in [9.17, 15) is 5.11 Å². The Morgan fingerprint density at radius 2 is 2.06 bits per heavy atom. The molecule has 3 unspecified atom stereocenters. The van der Waals surface area contributed by atoms with Gasteiger partial charge in [0.05, 0.1) is 6.61 Å². The number of rotatable bonds is 5. The van der Waals surface area contributed by atoms with E-state index in [0.29, 0.717) is 6.04 Å². The summed E-state index contributed by atoms with van der Waals surface area (Å²) in [6.07, 6.45) is 3.21. The normalized spacial score (nSPS) is 27.7. The van der Waals surface area contributed by atoms with Crippen LogP contribution < -0.4 is 5.73 Å². The third-order valence-corrected chi connectivity index (χ3v) is 4.00. The fraction of sp³-hybridized carbons (Fsp3) is 1.00. The van der Waals surface area contributed by atoms with Crippen molar-refractivity contribution < 1.29 is 5.11 Å². The lowest BCUT2D eigenvalue weighted by Gasteiger charge is -2.38. The van der Waals surface area contributed by atoms with Gasteiger partial charge in [-0.1, -0.05) is 13.8 Å². The molecule has 1 aliphatic heterocycles. The summed E-state index contributed by atoms with van der Waals surface area (Å²) >= 11 is 0. The molecule has 3 N–H and O–H groups in total. The first kappa shape index (κ1) is 14.9. The van der Waals surface area contributed by atoms with Gasteiger partial charge in [0, 0.05) is 31.2 Å². The van der Waals surface area contributed by atoms with E-state index in [4.69, 9.17) is 5.73 Å². The Kier molecular flexibility index (Phi) is 6.41. The maximum absolute atomic E-state index is 9.62. The molecule has 1 rings (SSSR count). The lowest BCUT2D eigenvalue weighted by atomic mass is 10.0. The number of hydrogen-bond acceptors (Lipinski definition) is 4. The monoisotopic (exact) mass is 243 g/mol. The summed E-state index contributed by atoms with van der Waals surface area (Å²) in [6, 6.07) is 0.728. The Hall–Kier alpha value is -0.160. The SMILES string of the molecule is CCC(N)C(CO)N1CCCN(C)CC1CC. The van der Waals surface area contributed by atoms with Gasteiger partial charge in [0.15, 0.2) is 0 Å². The van der Waals surface area contributed by atoms with Crippen molar-refractivity contribution in [1.82, 2.24) is 9.80 Å². The number of aliphatic hydroxyl groups is 1. The van der Waals surface area contributed by atoms with Gasteiger partial charge in [-0.3, -0.25) is 4.90 Å². The van der Waals surface area contributed by atoms with E-state index in [1.165, 1.54) is 6.42 Å². The highest BCUT2D eigenvalue weighted by Crippen LogP contribution is 2.17. The van der Waals surface area contributed by atoms with Crippen molar-refractivity contribution in [3.63, 3.8) is 0 Å². The van der Waals surface area contributed by atoms with Crippen LogP contribution in [0.4, 0.5) is 0 Å². The van der Waals surface area contributed by atoms with Crippen LogP contribution in [0.3, 0.4) is 0 Å². The fourth-order valence-corrected chi connectivity index (χ4v) is 2.82. The van der Waals surface area contributed by atoms with E-state index in [-0.39, 0.29) is 18.7 Å². The molecule has 17 heavy (non-hydrogen) atoms. The van der Waals surface area contributed by atoms with Crippen LogP contribution in [-0.4, -0.2) is 66.3 Å². The van der Waals surface area contributed by atoms with Crippen LogP contribution in [0.2, 0.25) is 0 Å². The summed E-state index contributed by atoms with van der Waals surface area (Å²) in [6.45, 7) is 7.79. The van der Waals surface area contributed by atoms with Gasteiger partial charge in [0.1, 0.15) is 0 Å². The first-order valence-electron chi connectivity index (χ1n) is 6.94. The van der Waals surface area contributed by atoms with Gasteiger partial charge < -0.3 is 15.7 Å². The van der Waals surface area contributed by atoms with E-state index in [1.807, 2.05) is 0 Å². The highest BCUT2D eigenvalue weighted by atomic mass is 16.3. The van der Waals surface area contributed by atoms with Gasteiger partial charge >= 0.3 is 0 Å². The van der Waals surface area contributed by atoms with Crippen molar-refractivity contribution in [3.05, 3.63) is 0 Å². The predicted octanol–water partition coefficient (Wildman–Crippen LogP) is 0.501. The molecule has 0 radical (unpaired) electrons. The largest absolute Gasteiger partial charge is 0.395 e. The number of aliphatic hydroxyl groups excluding tert-OH is 1. The minimum atomic E-state index is 0.0810. The molecule has 102 valence electrons. The Morgan fingerprint density at radius 3 is 2.59 bits per heavy atom. The van der Waals surface area contributed by atoms with Crippen LogP contribution in [0.1, 0.15) is 33.1 Å². The Morgan fingerprint density at radius 1 is 1.35 bits per heavy atom. The summed E-state index contributed by atoms with van der Waals surface area (Å²) in [5.74, 6) is 0. The molecule has 0 bridgehead atoms. The van der Waals surface area contributed by atoms with Gasteiger partial charge in [-0.15, -0.1) is 0 Å². The van der Waals surface area contributed by atoms with Gasteiger partial charge in [-0.2, -0.15) is 0 Å². The summed E-state index contributed by atoms with van der Waals surface area (Å²) in [7, 11) is 2.18. The molecule has 0 aliphatic carbocycles. The molecule has 0 aromatic carbocycles. The Bertz CT molecular complexity index is 213. The van der Waals surface area contributed by atoms with Crippen LogP contribution in [0.25, 0.3) is 0 Å². The van der Waals surface area contributed by atoms with Crippen LogP contribution in [0.15, 0.2) is 0 Å². The minimum absolute atomic E-state index is 0.0810. The maximum Gasteiger partial charge on any atom is 0.0602 e. The number of likely N-dealkylation sites (N-methyl/N-ethyl adjacent to an activating group) is 1. The molecule has 0 aromatic rings. The van der Waals surface area contributed by atoms with Crippen molar-refractivity contribution in [2.75, 3.05) is 33.3 Å². The summed E-state index contributed by atoms with van der Waals surface area (Å²) in [5.41, 5.74) is 6.15. The first-order chi connectivity index (χ1) is 8.13. The van der Waals surface area contributed by atoms with E-state index >= 15 is 0 Å². The average Bonchev–Trinajstić information content (AvgIpc) is 2.52. The van der Waals surface area contributed by atoms with E-state index in [1.54, 1.807) is 0 Å². The minimum Gasteiger partial charge on any atom is -0.395 e. The molecule has 4 nitrogen and oxygen atoms in total. The second kappa shape index (κ2) is 7.31. The zero-order valence-corrected chi connectivity index (χ0v) is 11.6. The van der Waals surface area contributed by atoms with Crippen LogP contribution in [0, 0.1) is 0 Å². The lowest BCUT2D eigenvalue weighted by Crippen LogP contribution is -2.55. The maximum atomic E-state index is 9.62. The van der Waals surface area contributed by atoms with E-state index < -0.39 is 0 Å². The smallest absolute Gasteiger partial charge is 0.0602 e. The van der Waals surface area contributed by atoms with Crippen molar-refractivity contribution in [1.29, 1.82) is 0 Å². The van der Waals surface area contributed by atoms with Crippen molar-refractivity contribution in [2.45, 2.75) is 51.2 Å². The van der Waals surface area contributed by atoms with Crippen LogP contribution in [0.5, 0.6) is 0 Å². The third kappa shape index (κ3) is 3.91. The molecular weight excluding hydrogens is 214 g/mol. The van der Waals surface area contributed by atoms with Crippen molar-refractivity contribution in [2.24, 2.45) is 5.73 Å². The van der Waals surface area contributed by atoms with Crippen LogP contribution >= 0.6 is 0 Å². The van der Waals surface area contributed by atoms with E-state index in [2.05, 4.69) is 30.7 Å². The zero-order valence-electron chi connectivity index (χ0n) is 11.6. The van der Waals surface area contributed by atoms with Gasteiger partial charge in [0.2, 0.25) is 0 Å². The molecule has 1 heterocycles. The first-order valence-corrected chi connectivity index (χ1v) is 6.94. The summed E-state index contributed by atoms with van der Waals surface area (Å²) < 4.78 is 0. The predicted molar refractivity (Wildman–Crippen MR) is 72.0 cm³/mol. The number of nitrogens with zero attached hydrogens (tertiary/aromatic N) is 2. The summed E-state index contributed by atoms with van der Waals surface area (Å²) in [4.78, 5) is 4.83. The number of nitrogens with two attached hydrogens (primary N) is 1. The topological polar surface area (TPSA) is 52.7 Å².